The van der Waals surface area contributed by atoms with Gasteiger partial charge in [0.15, 0.2) is 29.0 Å². The number of ether oxygens (including phenoxy) is 2. The monoisotopic (exact) mass is 424 g/mol. The quantitative estimate of drug-likeness (QED) is 0.446. The molecule has 2 aromatic carbocycles. The lowest BCUT2D eigenvalue weighted by Crippen LogP contribution is -2.33. The van der Waals surface area contributed by atoms with Crippen LogP contribution in [0.4, 0.5) is 18.9 Å². The van der Waals surface area contributed by atoms with Crippen molar-refractivity contribution in [3.05, 3.63) is 53.3 Å². The summed E-state index contributed by atoms with van der Waals surface area (Å²) < 4.78 is 50.9. The van der Waals surface area contributed by atoms with E-state index in [9.17, 15) is 22.8 Å². The van der Waals surface area contributed by atoms with E-state index < -0.39 is 41.5 Å². The van der Waals surface area contributed by atoms with Crippen LogP contribution in [0.3, 0.4) is 0 Å². The molecule has 0 spiro atoms. The molecular weight excluding hydrogens is 401 g/mol. The normalized spacial score (nSPS) is 10.4. The smallest absolute Gasteiger partial charge is 0.251 e. The highest BCUT2D eigenvalue weighted by molar-refractivity contribution is 5.99. The van der Waals surface area contributed by atoms with E-state index in [1.54, 1.807) is 13.0 Å². The number of anilines is 1. The Morgan fingerprint density at radius 2 is 1.73 bits per heavy atom. The third kappa shape index (κ3) is 6.13. The Bertz CT molecular complexity index is 906. The standard InChI is InChI=1S/C21H23F3N2O4/c1-3-5-10-30-16-9-6-13(11-17(16)29-4-2)21(28)25-12-18(27)26-15-8-7-14(22)19(23)20(15)24/h6-9,11H,3-5,10,12H2,1-2H3,(H,25,28)(H,26,27). The van der Waals surface area contributed by atoms with Crippen LogP contribution in [-0.4, -0.2) is 31.6 Å². The van der Waals surface area contributed by atoms with Gasteiger partial charge in [0.1, 0.15) is 0 Å². The van der Waals surface area contributed by atoms with Crippen molar-refractivity contribution in [2.45, 2.75) is 26.7 Å². The first-order valence-corrected chi connectivity index (χ1v) is 9.48. The second-order valence-corrected chi connectivity index (χ2v) is 6.25. The zero-order valence-electron chi connectivity index (χ0n) is 16.7. The molecule has 30 heavy (non-hydrogen) atoms. The molecule has 0 heterocycles. The number of hydrogen-bond donors (Lipinski definition) is 2. The van der Waals surface area contributed by atoms with Gasteiger partial charge in [-0.25, -0.2) is 13.2 Å². The average Bonchev–Trinajstić information content (AvgIpc) is 2.73. The molecule has 0 radical (unpaired) electrons. The number of hydrogen-bond acceptors (Lipinski definition) is 4. The zero-order valence-corrected chi connectivity index (χ0v) is 16.7. The summed E-state index contributed by atoms with van der Waals surface area (Å²) in [5.41, 5.74) is -0.298. The Labute approximate surface area is 172 Å². The summed E-state index contributed by atoms with van der Waals surface area (Å²) in [5, 5.41) is 4.44. The first-order chi connectivity index (χ1) is 14.4. The number of carbonyl (C=O) groups is 2. The molecule has 0 bridgehead atoms. The summed E-state index contributed by atoms with van der Waals surface area (Å²) in [6.45, 7) is 4.22. The number of halogens is 3. The Morgan fingerprint density at radius 1 is 0.967 bits per heavy atom. The van der Waals surface area contributed by atoms with Crippen molar-refractivity contribution in [1.82, 2.24) is 5.32 Å². The van der Waals surface area contributed by atoms with Crippen molar-refractivity contribution >= 4 is 17.5 Å². The van der Waals surface area contributed by atoms with Crippen LogP contribution in [-0.2, 0) is 4.79 Å². The molecule has 9 heteroatoms. The Kier molecular flexibility index (Phi) is 8.52. The van der Waals surface area contributed by atoms with Gasteiger partial charge >= 0.3 is 0 Å². The van der Waals surface area contributed by atoms with Gasteiger partial charge in [-0.05, 0) is 43.7 Å². The highest BCUT2D eigenvalue weighted by Crippen LogP contribution is 2.28. The Hall–Kier alpha value is -3.23. The maximum Gasteiger partial charge on any atom is 0.251 e. The highest BCUT2D eigenvalue weighted by atomic mass is 19.2. The minimum Gasteiger partial charge on any atom is -0.490 e. The minimum absolute atomic E-state index is 0.230. The van der Waals surface area contributed by atoms with Gasteiger partial charge in [0.05, 0.1) is 25.4 Å². The molecule has 6 nitrogen and oxygen atoms in total. The Morgan fingerprint density at radius 3 is 2.43 bits per heavy atom. The fourth-order valence-electron chi connectivity index (χ4n) is 2.44. The van der Waals surface area contributed by atoms with E-state index in [1.807, 2.05) is 6.92 Å². The fraction of sp³-hybridized carbons (Fsp3) is 0.333. The van der Waals surface area contributed by atoms with Crippen molar-refractivity contribution in [1.29, 1.82) is 0 Å². The molecule has 2 rings (SSSR count). The van der Waals surface area contributed by atoms with Gasteiger partial charge in [-0.2, -0.15) is 0 Å². The van der Waals surface area contributed by atoms with Crippen LogP contribution in [0.5, 0.6) is 11.5 Å². The lowest BCUT2D eigenvalue weighted by atomic mass is 10.2. The maximum absolute atomic E-state index is 13.6. The number of benzene rings is 2. The number of rotatable bonds is 10. The molecule has 0 fully saturated rings. The van der Waals surface area contributed by atoms with Crippen molar-refractivity contribution in [2.24, 2.45) is 0 Å². The van der Waals surface area contributed by atoms with Gasteiger partial charge in [0, 0.05) is 5.56 Å². The van der Waals surface area contributed by atoms with Gasteiger partial charge < -0.3 is 20.1 Å². The Balaban J connectivity index is 1.99. The zero-order chi connectivity index (χ0) is 22.1. The molecule has 0 unspecified atom stereocenters. The third-order valence-electron chi connectivity index (χ3n) is 3.98. The van der Waals surface area contributed by atoms with E-state index in [-0.39, 0.29) is 5.56 Å². The van der Waals surface area contributed by atoms with E-state index >= 15 is 0 Å². The minimum atomic E-state index is -1.69. The lowest BCUT2D eigenvalue weighted by molar-refractivity contribution is -0.115. The SMILES string of the molecule is CCCCOc1ccc(C(=O)NCC(=O)Nc2ccc(F)c(F)c2F)cc1OCC. The van der Waals surface area contributed by atoms with E-state index in [0.717, 1.165) is 18.9 Å². The summed E-state index contributed by atoms with van der Waals surface area (Å²) in [7, 11) is 0. The molecule has 2 amide bonds. The third-order valence-corrected chi connectivity index (χ3v) is 3.98. The van der Waals surface area contributed by atoms with Gasteiger partial charge in [-0.3, -0.25) is 9.59 Å². The molecule has 0 aliphatic rings. The van der Waals surface area contributed by atoms with Crippen LogP contribution in [0.15, 0.2) is 30.3 Å². The van der Waals surface area contributed by atoms with Gasteiger partial charge in [0.25, 0.3) is 5.91 Å². The van der Waals surface area contributed by atoms with E-state index in [1.165, 1.54) is 12.1 Å². The molecule has 0 saturated carbocycles. The predicted molar refractivity (Wildman–Crippen MR) is 105 cm³/mol. The predicted octanol–water partition coefficient (Wildman–Crippen LogP) is 4.05. The van der Waals surface area contributed by atoms with Crippen LogP contribution in [0.1, 0.15) is 37.0 Å². The van der Waals surface area contributed by atoms with Gasteiger partial charge in [0.2, 0.25) is 5.91 Å². The summed E-state index contributed by atoms with van der Waals surface area (Å²) >= 11 is 0. The topological polar surface area (TPSA) is 76.7 Å². The molecule has 0 aromatic heterocycles. The van der Waals surface area contributed by atoms with Crippen molar-refractivity contribution in [3.8, 4) is 11.5 Å². The van der Waals surface area contributed by atoms with Gasteiger partial charge in [-0.1, -0.05) is 13.3 Å². The first-order valence-electron chi connectivity index (χ1n) is 9.48. The van der Waals surface area contributed by atoms with Crippen LogP contribution in [0, 0.1) is 17.5 Å². The van der Waals surface area contributed by atoms with Crippen LogP contribution < -0.4 is 20.1 Å². The molecule has 2 aromatic rings. The van der Waals surface area contributed by atoms with Gasteiger partial charge in [-0.15, -0.1) is 0 Å². The number of amides is 2. The summed E-state index contributed by atoms with van der Waals surface area (Å²) in [5.74, 6) is -5.06. The number of nitrogens with one attached hydrogen (secondary N) is 2. The molecule has 0 aliphatic heterocycles. The molecule has 0 saturated heterocycles. The van der Waals surface area contributed by atoms with Crippen LogP contribution in [0.2, 0.25) is 0 Å². The van der Waals surface area contributed by atoms with Crippen molar-refractivity contribution < 1.29 is 32.2 Å². The maximum atomic E-state index is 13.6. The van der Waals surface area contributed by atoms with E-state index in [4.69, 9.17) is 9.47 Å². The largest absolute Gasteiger partial charge is 0.490 e. The fourth-order valence-corrected chi connectivity index (χ4v) is 2.44. The summed E-state index contributed by atoms with van der Waals surface area (Å²) in [6.07, 6.45) is 1.85. The molecule has 2 N–H and O–H groups in total. The van der Waals surface area contributed by atoms with E-state index in [0.29, 0.717) is 30.8 Å². The van der Waals surface area contributed by atoms with Crippen molar-refractivity contribution in [2.75, 3.05) is 25.1 Å². The van der Waals surface area contributed by atoms with Crippen LogP contribution in [0.25, 0.3) is 0 Å². The van der Waals surface area contributed by atoms with E-state index in [2.05, 4.69) is 10.6 Å². The number of carbonyl (C=O) groups excluding carboxylic acids is 2. The number of unbranched alkanes of at least 4 members (excludes halogenated alkanes) is 1. The second kappa shape index (κ2) is 11.1. The van der Waals surface area contributed by atoms with Crippen LogP contribution >= 0.6 is 0 Å². The molecule has 0 aliphatic carbocycles. The average molecular weight is 424 g/mol. The highest BCUT2D eigenvalue weighted by Gasteiger charge is 2.16. The molecule has 0 atom stereocenters. The molecule has 162 valence electrons. The second-order valence-electron chi connectivity index (χ2n) is 6.25. The first kappa shape index (κ1) is 23.1. The lowest BCUT2D eigenvalue weighted by Gasteiger charge is -2.13. The summed E-state index contributed by atoms with van der Waals surface area (Å²) in [6, 6.07) is 6.19. The summed E-state index contributed by atoms with van der Waals surface area (Å²) in [4.78, 5) is 24.2. The van der Waals surface area contributed by atoms with Crippen molar-refractivity contribution in [3.63, 3.8) is 0 Å². The molecular formula is C21H23F3N2O4.